The second kappa shape index (κ2) is 5.91. The van der Waals surface area contributed by atoms with Crippen LogP contribution < -0.4 is 11.1 Å². The van der Waals surface area contributed by atoms with E-state index in [1.54, 1.807) is 6.92 Å². The fourth-order valence-corrected chi connectivity index (χ4v) is 2.10. The van der Waals surface area contributed by atoms with Gasteiger partial charge in [0.25, 0.3) is 0 Å². The average molecular weight is 275 g/mol. The number of nitrogens with two attached hydrogens (primary N) is 1. The number of nitrogens with one attached hydrogen (secondary N) is 1. The van der Waals surface area contributed by atoms with Gasteiger partial charge in [0, 0.05) is 5.54 Å². The molecule has 0 radical (unpaired) electrons. The normalized spacial score (nSPS) is 29.4. The molecule has 0 saturated heterocycles. The number of hydrogen-bond acceptors (Lipinski definition) is 2. The number of alkyl halides is 3. The Morgan fingerprint density at radius 3 is 2.53 bits per heavy atom. The van der Waals surface area contributed by atoms with E-state index < -0.39 is 30.1 Å². The summed E-state index contributed by atoms with van der Waals surface area (Å²) in [5.74, 6) is -1.09. The molecule has 1 rings (SSSR count). The van der Waals surface area contributed by atoms with Crippen molar-refractivity contribution in [3.05, 3.63) is 0 Å². The van der Waals surface area contributed by atoms with Crippen molar-refractivity contribution < 1.29 is 18.0 Å². The van der Waals surface area contributed by atoms with Gasteiger partial charge < -0.3 is 11.1 Å². The predicted octanol–water partition coefficient (Wildman–Crippen LogP) is 1.99. The van der Waals surface area contributed by atoms with Crippen molar-refractivity contribution in [1.82, 2.24) is 5.32 Å². The summed E-state index contributed by atoms with van der Waals surface area (Å²) in [5, 5.41) is 1.90. The number of carbonyl (C=O) groups excluding carboxylic acids is 1. The van der Waals surface area contributed by atoms with Crippen LogP contribution in [0.2, 0.25) is 0 Å². The summed E-state index contributed by atoms with van der Waals surface area (Å²) < 4.78 is 35.8. The van der Waals surface area contributed by atoms with Gasteiger partial charge >= 0.3 is 6.18 Å². The fourth-order valence-electron chi connectivity index (χ4n) is 2.10. The lowest BCUT2D eigenvalue weighted by Gasteiger charge is -2.37. The molecule has 0 heterocycles. The van der Waals surface area contributed by atoms with Gasteiger partial charge in [0.15, 0.2) is 0 Å². The molecule has 2 unspecified atom stereocenters. The summed E-state index contributed by atoms with van der Waals surface area (Å²) in [7, 11) is 0. The molecule has 3 nitrogen and oxygen atoms in total. The van der Waals surface area contributed by atoms with Crippen LogP contribution in [-0.2, 0) is 4.79 Å². The van der Waals surface area contributed by atoms with Gasteiger partial charge in [-0.2, -0.15) is 13.2 Å². The molecule has 1 aliphatic rings. The van der Waals surface area contributed by atoms with Crippen molar-refractivity contribution >= 4 is 18.3 Å². The topological polar surface area (TPSA) is 55.1 Å². The zero-order valence-electron chi connectivity index (χ0n) is 9.64. The Kier molecular flexibility index (Phi) is 5.74. The molecular formula is C10H18ClF3N2O. The molecule has 102 valence electrons. The number of hydrogen-bond donors (Lipinski definition) is 2. The van der Waals surface area contributed by atoms with E-state index in [1.165, 1.54) is 0 Å². The largest absolute Gasteiger partial charge is 0.405 e. The molecule has 2 atom stereocenters. The first-order valence-corrected chi connectivity index (χ1v) is 5.36. The zero-order chi connectivity index (χ0) is 12.4. The molecule has 0 aromatic rings. The van der Waals surface area contributed by atoms with Gasteiger partial charge in [-0.3, -0.25) is 4.79 Å². The van der Waals surface area contributed by atoms with E-state index in [4.69, 9.17) is 5.73 Å². The number of carbonyl (C=O) groups is 1. The highest BCUT2D eigenvalue weighted by Crippen LogP contribution is 2.31. The van der Waals surface area contributed by atoms with Crippen molar-refractivity contribution in [1.29, 1.82) is 0 Å². The Balaban J connectivity index is 0.00000256. The number of rotatable bonds is 2. The van der Waals surface area contributed by atoms with Crippen LogP contribution in [0.5, 0.6) is 0 Å². The Morgan fingerprint density at radius 1 is 1.47 bits per heavy atom. The van der Waals surface area contributed by atoms with Crippen molar-refractivity contribution in [2.24, 2.45) is 11.7 Å². The van der Waals surface area contributed by atoms with E-state index in [0.717, 1.165) is 12.8 Å². The van der Waals surface area contributed by atoms with E-state index in [2.05, 4.69) is 0 Å². The summed E-state index contributed by atoms with van der Waals surface area (Å²) in [6, 6.07) is 0. The van der Waals surface area contributed by atoms with Gasteiger partial charge in [-0.1, -0.05) is 12.8 Å². The molecule has 0 spiro atoms. The summed E-state index contributed by atoms with van der Waals surface area (Å²) in [4.78, 5) is 11.6. The minimum absolute atomic E-state index is 0. The smallest absolute Gasteiger partial charge is 0.347 e. The van der Waals surface area contributed by atoms with E-state index in [-0.39, 0.29) is 12.4 Å². The Morgan fingerprint density at radius 2 is 2.06 bits per heavy atom. The molecule has 0 aromatic heterocycles. The van der Waals surface area contributed by atoms with Gasteiger partial charge in [-0.05, 0) is 19.8 Å². The summed E-state index contributed by atoms with van der Waals surface area (Å²) in [6.07, 6.45) is -1.35. The van der Waals surface area contributed by atoms with Crippen LogP contribution in [-0.4, -0.2) is 24.2 Å². The summed E-state index contributed by atoms with van der Waals surface area (Å²) in [5.41, 5.74) is 5.23. The summed E-state index contributed by atoms with van der Waals surface area (Å²) in [6.45, 7) is 0.447. The quantitative estimate of drug-likeness (QED) is 0.809. The Bertz CT molecular complexity index is 269. The molecule has 0 aliphatic heterocycles. The van der Waals surface area contributed by atoms with Crippen LogP contribution in [0.3, 0.4) is 0 Å². The van der Waals surface area contributed by atoms with E-state index >= 15 is 0 Å². The molecule has 3 N–H and O–H groups in total. The van der Waals surface area contributed by atoms with Gasteiger partial charge in [0.05, 0.1) is 5.92 Å². The highest BCUT2D eigenvalue weighted by molar-refractivity contribution is 5.85. The lowest BCUT2D eigenvalue weighted by Crippen LogP contribution is -2.53. The van der Waals surface area contributed by atoms with Crippen LogP contribution in [0.4, 0.5) is 13.2 Å². The minimum Gasteiger partial charge on any atom is -0.347 e. The fraction of sp³-hybridized carbons (Fsp3) is 0.900. The van der Waals surface area contributed by atoms with E-state index in [9.17, 15) is 18.0 Å². The number of halogens is 4. The van der Waals surface area contributed by atoms with Crippen molar-refractivity contribution in [2.75, 3.05) is 6.54 Å². The Hall–Kier alpha value is -0.490. The lowest BCUT2D eigenvalue weighted by molar-refractivity contribution is -0.142. The molecule has 7 heteroatoms. The average Bonchev–Trinajstić information content (AvgIpc) is 2.12. The highest BCUT2D eigenvalue weighted by atomic mass is 35.5. The second-order valence-corrected chi connectivity index (χ2v) is 4.64. The lowest BCUT2D eigenvalue weighted by atomic mass is 9.74. The monoisotopic (exact) mass is 274 g/mol. The maximum absolute atomic E-state index is 11.9. The van der Waals surface area contributed by atoms with Crippen LogP contribution in [0.25, 0.3) is 0 Å². The van der Waals surface area contributed by atoms with Crippen molar-refractivity contribution in [2.45, 2.75) is 44.3 Å². The molecule has 0 aromatic carbocycles. The van der Waals surface area contributed by atoms with Crippen LogP contribution in [0, 0.1) is 5.92 Å². The van der Waals surface area contributed by atoms with Gasteiger partial charge in [0.2, 0.25) is 5.91 Å². The molecule has 1 fully saturated rings. The third-order valence-electron chi connectivity index (χ3n) is 3.03. The zero-order valence-corrected chi connectivity index (χ0v) is 10.5. The van der Waals surface area contributed by atoms with Crippen molar-refractivity contribution in [3.63, 3.8) is 0 Å². The van der Waals surface area contributed by atoms with Gasteiger partial charge in [-0.15, -0.1) is 12.4 Å². The molecule has 1 amide bonds. The number of amides is 1. The molecular weight excluding hydrogens is 257 g/mol. The van der Waals surface area contributed by atoms with Crippen LogP contribution in [0.15, 0.2) is 0 Å². The predicted molar refractivity (Wildman–Crippen MR) is 60.9 cm³/mol. The third kappa shape index (κ3) is 5.12. The van der Waals surface area contributed by atoms with E-state index in [0.29, 0.717) is 12.8 Å². The standard InChI is InChI=1S/C10H17F3N2O.ClH/c1-9(14)5-3-2-4-7(9)8(16)15-6-10(11,12)13;/h7H,2-6,14H2,1H3,(H,15,16);1H. The molecule has 1 saturated carbocycles. The first kappa shape index (κ1) is 16.5. The maximum Gasteiger partial charge on any atom is 0.405 e. The highest BCUT2D eigenvalue weighted by Gasteiger charge is 2.39. The third-order valence-corrected chi connectivity index (χ3v) is 3.03. The second-order valence-electron chi connectivity index (χ2n) is 4.64. The summed E-state index contributed by atoms with van der Waals surface area (Å²) >= 11 is 0. The molecule has 1 aliphatic carbocycles. The van der Waals surface area contributed by atoms with Crippen LogP contribution >= 0.6 is 12.4 Å². The SMILES string of the molecule is CC1(N)CCCCC1C(=O)NCC(F)(F)F.Cl. The minimum atomic E-state index is -4.37. The van der Waals surface area contributed by atoms with Gasteiger partial charge in [-0.25, -0.2) is 0 Å². The first-order chi connectivity index (χ1) is 7.22. The van der Waals surface area contributed by atoms with Crippen molar-refractivity contribution in [3.8, 4) is 0 Å². The maximum atomic E-state index is 11.9. The Labute approximate surface area is 105 Å². The molecule has 0 bridgehead atoms. The molecule has 17 heavy (non-hydrogen) atoms. The van der Waals surface area contributed by atoms with Gasteiger partial charge in [0.1, 0.15) is 6.54 Å². The van der Waals surface area contributed by atoms with E-state index in [1.807, 2.05) is 5.32 Å². The van der Waals surface area contributed by atoms with Crippen LogP contribution in [0.1, 0.15) is 32.6 Å². The first-order valence-electron chi connectivity index (χ1n) is 5.36.